The van der Waals surface area contributed by atoms with Crippen LogP contribution in [0.2, 0.25) is 0 Å². The second kappa shape index (κ2) is 77.1. The predicted molar refractivity (Wildman–Crippen MR) is 384 cm³/mol. The number of carbonyl (C=O) groups is 2. The van der Waals surface area contributed by atoms with Crippen LogP contribution in [0.3, 0.4) is 0 Å². The molecule has 2 unspecified atom stereocenters. The lowest BCUT2D eigenvalue weighted by atomic mass is 10.0. The molecule has 0 saturated heterocycles. The summed E-state index contributed by atoms with van der Waals surface area (Å²) in [5.41, 5.74) is 0. The van der Waals surface area contributed by atoms with Gasteiger partial charge < -0.3 is 20.3 Å². The number of allylic oxidation sites excluding steroid dienone is 1. The number of esters is 1. The van der Waals surface area contributed by atoms with Crippen molar-refractivity contribution in [3.63, 3.8) is 0 Å². The lowest BCUT2D eigenvalue weighted by molar-refractivity contribution is -0.143. The van der Waals surface area contributed by atoms with Crippen LogP contribution in [0.4, 0.5) is 0 Å². The summed E-state index contributed by atoms with van der Waals surface area (Å²) in [6, 6.07) is -0.625. The van der Waals surface area contributed by atoms with Gasteiger partial charge in [-0.05, 0) is 32.1 Å². The molecule has 0 aromatic carbocycles. The zero-order valence-electron chi connectivity index (χ0n) is 59.5. The van der Waals surface area contributed by atoms with Gasteiger partial charge in [0.15, 0.2) is 0 Å². The molecule has 0 heterocycles. The molecule has 0 aliphatic heterocycles. The van der Waals surface area contributed by atoms with Crippen molar-refractivity contribution in [3.8, 4) is 0 Å². The Morgan fingerprint density at radius 1 is 0.310 bits per heavy atom. The normalized spacial score (nSPS) is 12.5. The minimum atomic E-state index is -0.842. The first kappa shape index (κ1) is 85.6. The van der Waals surface area contributed by atoms with Crippen molar-refractivity contribution in [1.82, 2.24) is 5.32 Å². The molecule has 0 spiro atoms. The Kier molecular flexibility index (Phi) is 75.8. The van der Waals surface area contributed by atoms with E-state index in [-0.39, 0.29) is 18.5 Å². The number of hydrogen-bond acceptors (Lipinski definition) is 5. The molecular formula is C81H159NO5. The van der Waals surface area contributed by atoms with Crippen LogP contribution in [0.1, 0.15) is 470 Å². The molecule has 3 N–H and O–H groups in total. The van der Waals surface area contributed by atoms with E-state index < -0.39 is 12.1 Å². The highest BCUT2D eigenvalue weighted by atomic mass is 16.5. The molecule has 0 fully saturated rings. The lowest BCUT2D eigenvalue weighted by Crippen LogP contribution is -2.45. The number of unbranched alkanes of at least 4 members (excludes halogenated alkanes) is 66. The largest absolute Gasteiger partial charge is 0.466 e. The van der Waals surface area contributed by atoms with Gasteiger partial charge in [-0.15, -0.1) is 0 Å². The predicted octanol–water partition coefficient (Wildman–Crippen LogP) is 26.7. The molecule has 2 atom stereocenters. The number of ether oxygens (including phenoxy) is 1. The van der Waals surface area contributed by atoms with Crippen LogP contribution >= 0.6 is 0 Å². The van der Waals surface area contributed by atoms with Crippen LogP contribution in [0, 0.1) is 0 Å². The lowest BCUT2D eigenvalue weighted by Gasteiger charge is -2.20. The first-order valence-electron chi connectivity index (χ1n) is 40.5. The Balaban J connectivity index is 3.32. The van der Waals surface area contributed by atoms with Crippen LogP contribution in [0.25, 0.3) is 0 Å². The Labute approximate surface area is 546 Å². The third-order valence-electron chi connectivity index (χ3n) is 19.3. The maximum Gasteiger partial charge on any atom is 0.305 e. The molecule has 0 aliphatic carbocycles. The SMILES string of the molecule is CCCCCCCCCCCCCCCCCCCC/C=C/C(O)C(CO)NC(=O)CCCCCCCCCCCCCCCCCCCCCCCCCCCCCCCCCCOC(=O)CCCCCCCCCCCCCCCCCCCC. The molecule has 0 aliphatic rings. The second-order valence-corrected chi connectivity index (χ2v) is 28.1. The van der Waals surface area contributed by atoms with Crippen molar-refractivity contribution in [2.24, 2.45) is 0 Å². The van der Waals surface area contributed by atoms with E-state index in [1.807, 2.05) is 6.08 Å². The average molecular weight is 1230 g/mol. The van der Waals surface area contributed by atoms with Crippen molar-refractivity contribution in [1.29, 1.82) is 0 Å². The summed E-state index contributed by atoms with van der Waals surface area (Å²) in [5.74, 6) is -0.0316. The Hall–Kier alpha value is -1.40. The minimum absolute atomic E-state index is 0.0267. The molecule has 0 bridgehead atoms. The zero-order valence-corrected chi connectivity index (χ0v) is 59.5. The van der Waals surface area contributed by atoms with Crippen LogP contribution in [-0.4, -0.2) is 47.4 Å². The van der Waals surface area contributed by atoms with E-state index in [0.717, 1.165) is 38.5 Å². The molecule has 6 nitrogen and oxygen atoms in total. The van der Waals surface area contributed by atoms with E-state index >= 15 is 0 Å². The van der Waals surface area contributed by atoms with Crippen LogP contribution < -0.4 is 5.32 Å². The standard InChI is InChI=1S/C81H159NO5/c1-3-5-7-9-11-13-15-17-19-21-23-38-41-45-49-53-57-61-65-69-73-79(84)78(77-83)82-80(85)74-70-66-62-58-54-50-46-42-39-36-34-32-30-28-26-24-25-27-29-31-33-35-37-40-44-48-52-56-60-64-68-72-76-87-81(86)75-71-67-63-59-55-51-47-43-22-20-18-16-14-12-10-8-6-4-2/h69,73,78-79,83-84H,3-68,70-72,74-77H2,1-2H3,(H,82,85)/b73-69+. The number of amides is 1. The fraction of sp³-hybridized carbons (Fsp3) is 0.951. The molecule has 87 heavy (non-hydrogen) atoms. The highest BCUT2D eigenvalue weighted by Crippen LogP contribution is 2.20. The summed E-state index contributed by atoms with van der Waals surface area (Å²) in [7, 11) is 0. The van der Waals surface area contributed by atoms with Crippen molar-refractivity contribution < 1.29 is 24.5 Å². The molecule has 0 rings (SSSR count). The van der Waals surface area contributed by atoms with Gasteiger partial charge in [0, 0.05) is 12.8 Å². The number of carbonyl (C=O) groups excluding carboxylic acids is 2. The summed E-state index contributed by atoms with van der Waals surface area (Å²) in [6.07, 6.45) is 97.7. The van der Waals surface area contributed by atoms with Crippen LogP contribution in [-0.2, 0) is 14.3 Å². The summed E-state index contributed by atoms with van der Waals surface area (Å²) in [5, 5.41) is 23.3. The van der Waals surface area contributed by atoms with Gasteiger partial charge in [-0.2, -0.15) is 0 Å². The van der Waals surface area contributed by atoms with Gasteiger partial charge >= 0.3 is 5.97 Å². The van der Waals surface area contributed by atoms with Crippen LogP contribution in [0.15, 0.2) is 12.2 Å². The molecule has 518 valence electrons. The molecule has 0 aromatic heterocycles. The van der Waals surface area contributed by atoms with Gasteiger partial charge in [-0.25, -0.2) is 0 Å². The molecule has 0 saturated carbocycles. The summed E-state index contributed by atoms with van der Waals surface area (Å²) in [4.78, 5) is 24.7. The molecule has 1 amide bonds. The minimum Gasteiger partial charge on any atom is -0.466 e. The Morgan fingerprint density at radius 2 is 0.529 bits per heavy atom. The third kappa shape index (κ3) is 73.5. The first-order chi connectivity index (χ1) is 43.0. The smallest absolute Gasteiger partial charge is 0.305 e. The summed E-state index contributed by atoms with van der Waals surface area (Å²) >= 11 is 0. The maximum absolute atomic E-state index is 12.5. The van der Waals surface area contributed by atoms with E-state index in [0.29, 0.717) is 19.4 Å². The monoisotopic (exact) mass is 1230 g/mol. The van der Waals surface area contributed by atoms with Gasteiger partial charge in [-0.1, -0.05) is 437 Å². The number of hydrogen-bond donors (Lipinski definition) is 3. The zero-order chi connectivity index (χ0) is 62.8. The summed E-state index contributed by atoms with van der Waals surface area (Å²) in [6.45, 7) is 4.97. The van der Waals surface area contributed by atoms with E-state index in [1.54, 1.807) is 6.08 Å². The Morgan fingerprint density at radius 3 is 0.782 bits per heavy atom. The van der Waals surface area contributed by atoms with Gasteiger partial charge in [0.25, 0.3) is 0 Å². The van der Waals surface area contributed by atoms with Crippen molar-refractivity contribution in [2.75, 3.05) is 13.2 Å². The van der Waals surface area contributed by atoms with E-state index in [4.69, 9.17) is 4.74 Å². The molecule has 0 radical (unpaired) electrons. The fourth-order valence-electron chi connectivity index (χ4n) is 13.2. The highest BCUT2D eigenvalue weighted by Gasteiger charge is 2.18. The Bertz CT molecular complexity index is 1320. The van der Waals surface area contributed by atoms with Gasteiger partial charge in [0.1, 0.15) is 0 Å². The van der Waals surface area contributed by atoms with Crippen molar-refractivity contribution in [2.45, 2.75) is 482 Å². The second-order valence-electron chi connectivity index (χ2n) is 28.1. The number of nitrogens with one attached hydrogen (secondary N) is 1. The number of aliphatic hydroxyl groups is 2. The van der Waals surface area contributed by atoms with E-state index in [1.165, 1.54) is 405 Å². The van der Waals surface area contributed by atoms with Gasteiger partial charge in [-0.3, -0.25) is 9.59 Å². The van der Waals surface area contributed by atoms with Crippen LogP contribution in [0.5, 0.6) is 0 Å². The maximum atomic E-state index is 12.5. The van der Waals surface area contributed by atoms with Gasteiger partial charge in [0.2, 0.25) is 5.91 Å². The third-order valence-corrected chi connectivity index (χ3v) is 19.3. The first-order valence-corrected chi connectivity index (χ1v) is 40.5. The summed E-state index contributed by atoms with van der Waals surface area (Å²) < 4.78 is 5.52. The molecule has 0 aromatic rings. The highest BCUT2D eigenvalue weighted by molar-refractivity contribution is 5.76. The van der Waals surface area contributed by atoms with E-state index in [2.05, 4.69) is 19.2 Å². The number of rotatable bonds is 77. The quantitative estimate of drug-likeness (QED) is 0.0320. The van der Waals surface area contributed by atoms with Crippen molar-refractivity contribution >= 4 is 11.9 Å². The average Bonchev–Trinajstić information content (AvgIpc) is 3.54. The van der Waals surface area contributed by atoms with E-state index in [9.17, 15) is 19.8 Å². The number of aliphatic hydroxyl groups excluding tert-OH is 2. The van der Waals surface area contributed by atoms with Crippen molar-refractivity contribution in [3.05, 3.63) is 12.2 Å². The fourth-order valence-corrected chi connectivity index (χ4v) is 13.2. The topological polar surface area (TPSA) is 95.9 Å². The van der Waals surface area contributed by atoms with Gasteiger partial charge in [0.05, 0.1) is 25.4 Å². The molecule has 6 heteroatoms. The molecular weight excluding hydrogens is 1070 g/mol.